The summed E-state index contributed by atoms with van der Waals surface area (Å²) in [6.45, 7) is 2.23. The molecule has 0 aliphatic carbocycles. The van der Waals surface area contributed by atoms with E-state index in [1.807, 2.05) is 49.4 Å². The largest absolute Gasteiger partial charge is 0.422 e. The molecule has 1 aromatic heterocycles. The first kappa shape index (κ1) is 17.7. The number of esters is 1. The van der Waals surface area contributed by atoms with Crippen molar-refractivity contribution < 1.29 is 9.53 Å². The first-order chi connectivity index (χ1) is 13.6. The van der Waals surface area contributed by atoms with Crippen LogP contribution in [0.25, 0.3) is 10.8 Å². The van der Waals surface area contributed by atoms with E-state index >= 15 is 0 Å². The molecular weight excluding hydrogens is 352 g/mol. The Morgan fingerprint density at radius 1 is 0.893 bits per heavy atom. The minimum atomic E-state index is -0.595. The van der Waals surface area contributed by atoms with E-state index in [1.165, 1.54) is 4.68 Å². The van der Waals surface area contributed by atoms with Gasteiger partial charge in [0.1, 0.15) is 5.75 Å². The summed E-state index contributed by atoms with van der Waals surface area (Å²) in [7, 11) is 0. The summed E-state index contributed by atoms with van der Waals surface area (Å²) in [6, 6.07) is 23.7. The summed E-state index contributed by atoms with van der Waals surface area (Å²) in [4.78, 5) is 25.7. The lowest BCUT2D eigenvalue weighted by atomic mass is 10.1. The van der Waals surface area contributed by atoms with Gasteiger partial charge in [0, 0.05) is 5.39 Å². The Balaban J connectivity index is 1.78. The molecule has 138 valence electrons. The highest BCUT2D eigenvalue weighted by Crippen LogP contribution is 2.18. The van der Waals surface area contributed by atoms with Crippen molar-refractivity contribution in [2.45, 2.75) is 13.5 Å². The fourth-order valence-electron chi connectivity index (χ4n) is 3.01. The number of benzene rings is 3. The number of aryl methyl sites for hydroxylation is 1. The number of carbonyl (C=O) groups excluding carboxylic acids is 1. The van der Waals surface area contributed by atoms with Crippen LogP contribution in [0.5, 0.6) is 5.75 Å². The van der Waals surface area contributed by atoms with Gasteiger partial charge < -0.3 is 4.74 Å². The molecule has 0 saturated heterocycles. The Kier molecular flexibility index (Phi) is 4.72. The van der Waals surface area contributed by atoms with Crippen molar-refractivity contribution in [2.24, 2.45) is 0 Å². The van der Waals surface area contributed by atoms with E-state index in [9.17, 15) is 9.59 Å². The zero-order chi connectivity index (χ0) is 19.5. The number of nitrogens with zero attached hydrogens (tertiary/aromatic N) is 2. The highest BCUT2D eigenvalue weighted by atomic mass is 16.5. The van der Waals surface area contributed by atoms with E-state index in [2.05, 4.69) is 5.10 Å². The Hall–Kier alpha value is -3.73. The second kappa shape index (κ2) is 7.48. The van der Waals surface area contributed by atoms with Gasteiger partial charge in [-0.3, -0.25) is 4.79 Å². The van der Waals surface area contributed by atoms with Crippen molar-refractivity contribution in [2.75, 3.05) is 0 Å². The number of hydrogen-bond acceptors (Lipinski definition) is 4. The van der Waals surface area contributed by atoms with E-state index in [-0.39, 0.29) is 17.8 Å². The van der Waals surface area contributed by atoms with Crippen molar-refractivity contribution in [3.8, 4) is 5.75 Å². The second-order valence-electron chi connectivity index (χ2n) is 6.55. The number of fused-ring (bicyclic) bond motifs is 1. The molecule has 0 N–H and O–H groups in total. The minimum Gasteiger partial charge on any atom is -0.422 e. The number of hydrogen-bond donors (Lipinski definition) is 0. The van der Waals surface area contributed by atoms with Gasteiger partial charge in [-0.15, -0.1) is 0 Å². The summed E-state index contributed by atoms with van der Waals surface area (Å²) in [6.07, 6.45) is 0. The van der Waals surface area contributed by atoms with Gasteiger partial charge in [0.2, 0.25) is 0 Å². The van der Waals surface area contributed by atoms with E-state index < -0.39 is 5.97 Å². The molecule has 5 heteroatoms. The lowest BCUT2D eigenvalue weighted by molar-refractivity contribution is 0.0728. The van der Waals surface area contributed by atoms with Crippen molar-refractivity contribution >= 4 is 16.7 Å². The number of aromatic nitrogens is 2. The third-order valence-electron chi connectivity index (χ3n) is 4.47. The number of ether oxygens (including phenoxy) is 1. The van der Waals surface area contributed by atoms with Crippen LogP contribution >= 0.6 is 0 Å². The molecule has 0 spiro atoms. The van der Waals surface area contributed by atoms with Crippen LogP contribution in [0.1, 0.15) is 21.6 Å². The van der Waals surface area contributed by atoms with Crippen LogP contribution in [0.3, 0.4) is 0 Å². The van der Waals surface area contributed by atoms with Crippen LogP contribution in [0.2, 0.25) is 0 Å². The molecule has 1 heterocycles. The van der Waals surface area contributed by atoms with E-state index in [0.29, 0.717) is 16.5 Å². The summed E-state index contributed by atoms with van der Waals surface area (Å²) in [5.74, 6) is -0.163. The molecule has 0 radical (unpaired) electrons. The molecule has 0 aliphatic rings. The maximum Gasteiger partial charge on any atom is 0.364 e. The Labute approximate surface area is 161 Å². The first-order valence-corrected chi connectivity index (χ1v) is 8.94. The van der Waals surface area contributed by atoms with Gasteiger partial charge in [0.15, 0.2) is 5.69 Å². The van der Waals surface area contributed by atoms with E-state index in [4.69, 9.17) is 4.74 Å². The van der Waals surface area contributed by atoms with Crippen molar-refractivity contribution in [1.82, 2.24) is 9.78 Å². The van der Waals surface area contributed by atoms with Crippen LogP contribution in [0.4, 0.5) is 0 Å². The summed E-state index contributed by atoms with van der Waals surface area (Å²) in [5, 5.41) is 5.25. The monoisotopic (exact) mass is 370 g/mol. The fraction of sp³-hybridized carbons (Fsp3) is 0.0870. The normalized spacial score (nSPS) is 10.8. The SMILES string of the molecule is Cc1ccc(OC(=O)c2nn(Cc3ccccc3)c(=O)c3ccccc23)cc1. The number of rotatable bonds is 4. The topological polar surface area (TPSA) is 61.2 Å². The van der Waals surface area contributed by atoms with Gasteiger partial charge >= 0.3 is 5.97 Å². The maximum absolute atomic E-state index is 12.9. The Morgan fingerprint density at radius 3 is 2.25 bits per heavy atom. The lowest BCUT2D eigenvalue weighted by Gasteiger charge is -2.11. The molecule has 5 nitrogen and oxygen atoms in total. The van der Waals surface area contributed by atoms with Gasteiger partial charge in [-0.05, 0) is 30.7 Å². The maximum atomic E-state index is 12.9. The average Bonchev–Trinajstić information content (AvgIpc) is 2.72. The molecule has 0 bridgehead atoms. The first-order valence-electron chi connectivity index (χ1n) is 8.94. The number of carbonyl (C=O) groups is 1. The molecule has 0 saturated carbocycles. The van der Waals surface area contributed by atoms with Gasteiger partial charge in [0.25, 0.3) is 5.56 Å². The smallest absolute Gasteiger partial charge is 0.364 e. The van der Waals surface area contributed by atoms with Crippen LogP contribution in [-0.2, 0) is 6.54 Å². The molecule has 0 fully saturated rings. The van der Waals surface area contributed by atoms with E-state index in [0.717, 1.165) is 11.1 Å². The standard InChI is InChI=1S/C23H18N2O3/c1-16-11-13-18(14-12-16)28-23(27)21-19-9-5-6-10-20(19)22(26)25(24-21)15-17-7-3-2-4-8-17/h2-14H,15H2,1H3. The van der Waals surface area contributed by atoms with Crippen molar-refractivity contribution in [1.29, 1.82) is 0 Å². The molecular formula is C23H18N2O3. The van der Waals surface area contributed by atoms with Crippen LogP contribution in [-0.4, -0.2) is 15.7 Å². The fourth-order valence-corrected chi connectivity index (χ4v) is 3.01. The third kappa shape index (κ3) is 3.55. The zero-order valence-electron chi connectivity index (χ0n) is 15.3. The lowest BCUT2D eigenvalue weighted by Crippen LogP contribution is -2.27. The minimum absolute atomic E-state index is 0.117. The van der Waals surface area contributed by atoms with Gasteiger partial charge in [0.05, 0.1) is 11.9 Å². The third-order valence-corrected chi connectivity index (χ3v) is 4.47. The summed E-state index contributed by atoms with van der Waals surface area (Å²) >= 11 is 0. The van der Waals surface area contributed by atoms with Gasteiger partial charge in [-0.25, -0.2) is 9.48 Å². The molecule has 0 atom stereocenters. The Bertz CT molecular complexity index is 1200. The predicted molar refractivity (Wildman–Crippen MR) is 108 cm³/mol. The van der Waals surface area contributed by atoms with Gasteiger partial charge in [-0.2, -0.15) is 5.10 Å². The van der Waals surface area contributed by atoms with Crippen molar-refractivity contribution in [3.63, 3.8) is 0 Å². The average molecular weight is 370 g/mol. The quantitative estimate of drug-likeness (QED) is 0.403. The van der Waals surface area contributed by atoms with Crippen LogP contribution in [0, 0.1) is 6.92 Å². The molecule has 0 aliphatic heterocycles. The molecule has 3 aromatic carbocycles. The second-order valence-corrected chi connectivity index (χ2v) is 6.55. The molecule has 28 heavy (non-hydrogen) atoms. The van der Waals surface area contributed by atoms with Gasteiger partial charge in [-0.1, -0.05) is 66.2 Å². The summed E-state index contributed by atoms with van der Waals surface area (Å²) < 4.78 is 6.80. The van der Waals surface area contributed by atoms with E-state index in [1.54, 1.807) is 36.4 Å². The molecule has 4 aromatic rings. The van der Waals surface area contributed by atoms with Crippen LogP contribution < -0.4 is 10.3 Å². The molecule has 0 unspecified atom stereocenters. The van der Waals surface area contributed by atoms with Crippen molar-refractivity contribution in [3.05, 3.63) is 106 Å². The summed E-state index contributed by atoms with van der Waals surface area (Å²) in [5.41, 5.74) is 1.86. The predicted octanol–water partition coefficient (Wildman–Crippen LogP) is 3.97. The highest BCUT2D eigenvalue weighted by molar-refractivity contribution is 6.02. The molecule has 4 rings (SSSR count). The highest BCUT2D eigenvalue weighted by Gasteiger charge is 2.18. The van der Waals surface area contributed by atoms with Crippen LogP contribution in [0.15, 0.2) is 83.7 Å². The zero-order valence-corrected chi connectivity index (χ0v) is 15.3. The molecule has 0 amide bonds. The Morgan fingerprint density at radius 2 is 1.54 bits per heavy atom.